The molecule has 24 heavy (non-hydrogen) atoms. The first-order valence-electron chi connectivity index (χ1n) is 7.49. The fourth-order valence-corrected chi connectivity index (χ4v) is 2.12. The van der Waals surface area contributed by atoms with Crippen LogP contribution >= 0.6 is 0 Å². The summed E-state index contributed by atoms with van der Waals surface area (Å²) >= 11 is 0. The van der Waals surface area contributed by atoms with E-state index in [1.54, 1.807) is 0 Å². The van der Waals surface area contributed by atoms with E-state index in [9.17, 15) is 44.6 Å². The van der Waals surface area contributed by atoms with Gasteiger partial charge in [0.25, 0.3) is 0 Å². The van der Waals surface area contributed by atoms with Crippen LogP contribution in [0.2, 0.25) is 0 Å². The number of unbranched alkanes of at least 4 members (excludes halogenated alkanes) is 5. The molecule has 0 aromatic carbocycles. The van der Waals surface area contributed by atoms with Gasteiger partial charge in [-0.15, -0.1) is 0 Å². The highest BCUT2D eigenvalue weighted by atomic mass is 19.4. The molecule has 0 saturated heterocycles. The summed E-state index contributed by atoms with van der Waals surface area (Å²) in [5.74, 6) is -19.7. The van der Waals surface area contributed by atoms with Crippen LogP contribution in [0.25, 0.3) is 0 Å². The number of alkyl halides is 9. The predicted octanol–water partition coefficient (Wildman–Crippen LogP) is 5.96. The minimum Gasteiger partial charge on any atom is -0.384 e. The molecule has 0 aliphatic carbocycles. The summed E-state index contributed by atoms with van der Waals surface area (Å²) in [7, 11) is 0. The van der Waals surface area contributed by atoms with Gasteiger partial charge in [-0.25, -0.2) is 0 Å². The average molecular weight is 376 g/mol. The zero-order valence-electron chi connectivity index (χ0n) is 13.3. The Kier molecular flexibility index (Phi) is 7.48. The quantitative estimate of drug-likeness (QED) is 0.369. The zero-order valence-corrected chi connectivity index (χ0v) is 13.3. The van der Waals surface area contributed by atoms with Crippen molar-refractivity contribution in [3.8, 4) is 0 Å². The highest BCUT2D eigenvalue weighted by Crippen LogP contribution is 2.56. The molecule has 1 N–H and O–H groups in total. The van der Waals surface area contributed by atoms with Gasteiger partial charge in [0, 0.05) is 0 Å². The van der Waals surface area contributed by atoms with Gasteiger partial charge >= 0.3 is 23.9 Å². The van der Waals surface area contributed by atoms with Crippen LogP contribution < -0.4 is 0 Å². The minimum atomic E-state index is -6.98. The van der Waals surface area contributed by atoms with Gasteiger partial charge in [-0.05, 0) is 13.3 Å². The van der Waals surface area contributed by atoms with Crippen molar-refractivity contribution in [3.05, 3.63) is 0 Å². The molecule has 0 spiro atoms. The van der Waals surface area contributed by atoms with Crippen molar-refractivity contribution in [1.29, 1.82) is 0 Å². The first kappa shape index (κ1) is 23.3. The number of aliphatic hydroxyl groups is 1. The number of hydrogen-bond acceptors (Lipinski definition) is 1. The highest BCUT2D eigenvalue weighted by molar-refractivity contribution is 5.07. The second kappa shape index (κ2) is 7.70. The van der Waals surface area contributed by atoms with Crippen molar-refractivity contribution in [2.24, 2.45) is 0 Å². The monoisotopic (exact) mass is 376 g/mol. The lowest BCUT2D eigenvalue weighted by atomic mass is 9.85. The van der Waals surface area contributed by atoms with Crippen LogP contribution in [-0.2, 0) is 0 Å². The first-order valence-corrected chi connectivity index (χ1v) is 7.49. The first-order chi connectivity index (χ1) is 10.6. The van der Waals surface area contributed by atoms with Gasteiger partial charge in [-0.1, -0.05) is 45.4 Å². The molecule has 146 valence electrons. The molecule has 0 saturated carbocycles. The van der Waals surface area contributed by atoms with Gasteiger partial charge in [0.2, 0.25) is 0 Å². The van der Waals surface area contributed by atoms with E-state index >= 15 is 0 Å². The van der Waals surface area contributed by atoms with Crippen LogP contribution in [0.15, 0.2) is 0 Å². The molecule has 1 nitrogen and oxygen atoms in total. The molecule has 0 rings (SSSR count). The second-order valence-corrected chi connectivity index (χ2v) is 6.01. The van der Waals surface area contributed by atoms with E-state index in [1.165, 1.54) is 0 Å². The standard InChI is InChI=1S/C14H21F9O/c1-3-4-5-6-7-8-9-10(2,24)11(15,16)12(17,18)13(19,20)14(21,22)23/h24H,3-9H2,1-2H3. The van der Waals surface area contributed by atoms with Gasteiger partial charge in [-0.3, -0.25) is 0 Å². The molecular formula is C14H21F9O. The summed E-state index contributed by atoms with van der Waals surface area (Å²) in [4.78, 5) is 0. The van der Waals surface area contributed by atoms with Gasteiger partial charge in [0.05, 0.1) is 0 Å². The van der Waals surface area contributed by atoms with E-state index in [0.717, 1.165) is 19.3 Å². The smallest absolute Gasteiger partial charge is 0.384 e. The van der Waals surface area contributed by atoms with E-state index in [2.05, 4.69) is 0 Å². The summed E-state index contributed by atoms with van der Waals surface area (Å²) in [5, 5.41) is 9.48. The average Bonchev–Trinajstić information content (AvgIpc) is 2.40. The van der Waals surface area contributed by atoms with E-state index in [0.29, 0.717) is 6.42 Å². The molecular weight excluding hydrogens is 355 g/mol. The Morgan fingerprint density at radius 1 is 0.625 bits per heavy atom. The fraction of sp³-hybridized carbons (Fsp3) is 1.00. The van der Waals surface area contributed by atoms with Crippen LogP contribution in [0, 0.1) is 0 Å². The summed E-state index contributed by atoms with van der Waals surface area (Å²) < 4.78 is 116. The van der Waals surface area contributed by atoms with Gasteiger partial charge in [0.15, 0.2) is 0 Å². The number of hydrogen-bond donors (Lipinski definition) is 1. The Morgan fingerprint density at radius 3 is 1.46 bits per heavy atom. The maximum absolute atomic E-state index is 13.7. The number of halogens is 9. The normalized spacial score (nSPS) is 17.0. The van der Waals surface area contributed by atoms with Crippen LogP contribution in [0.4, 0.5) is 39.5 Å². The molecule has 0 aliphatic heterocycles. The molecule has 0 aromatic rings. The third-order valence-corrected chi connectivity index (χ3v) is 3.84. The van der Waals surface area contributed by atoms with E-state index < -0.39 is 36.0 Å². The van der Waals surface area contributed by atoms with Gasteiger partial charge < -0.3 is 5.11 Å². The Labute approximate surface area is 134 Å². The maximum atomic E-state index is 13.7. The summed E-state index contributed by atoms with van der Waals surface area (Å²) in [6.45, 7) is 2.05. The lowest BCUT2D eigenvalue weighted by molar-refractivity contribution is -0.415. The van der Waals surface area contributed by atoms with E-state index in [-0.39, 0.29) is 19.8 Å². The Morgan fingerprint density at radius 2 is 1.04 bits per heavy atom. The third kappa shape index (κ3) is 4.49. The van der Waals surface area contributed by atoms with Crippen molar-refractivity contribution >= 4 is 0 Å². The second-order valence-electron chi connectivity index (χ2n) is 6.01. The third-order valence-electron chi connectivity index (χ3n) is 3.84. The van der Waals surface area contributed by atoms with E-state index in [4.69, 9.17) is 0 Å². The Bertz CT molecular complexity index is 388. The summed E-state index contributed by atoms with van der Waals surface area (Å²) in [5.41, 5.74) is -3.71. The molecule has 0 fully saturated rings. The lowest BCUT2D eigenvalue weighted by Crippen LogP contribution is -2.67. The van der Waals surface area contributed by atoms with Crippen molar-refractivity contribution in [2.75, 3.05) is 0 Å². The van der Waals surface area contributed by atoms with Crippen molar-refractivity contribution < 1.29 is 44.6 Å². The van der Waals surface area contributed by atoms with Crippen LogP contribution in [0.5, 0.6) is 0 Å². The predicted molar refractivity (Wildman–Crippen MR) is 69.5 cm³/mol. The summed E-state index contributed by atoms with van der Waals surface area (Å²) in [6, 6.07) is 0. The molecule has 0 aliphatic rings. The zero-order chi connectivity index (χ0) is 19.4. The molecule has 0 bridgehead atoms. The molecule has 0 radical (unpaired) electrons. The van der Waals surface area contributed by atoms with Crippen LogP contribution in [0.3, 0.4) is 0 Å². The van der Waals surface area contributed by atoms with Crippen LogP contribution in [-0.4, -0.2) is 34.7 Å². The topological polar surface area (TPSA) is 20.2 Å². The highest BCUT2D eigenvalue weighted by Gasteiger charge is 2.84. The largest absolute Gasteiger partial charge is 0.460 e. The maximum Gasteiger partial charge on any atom is 0.460 e. The van der Waals surface area contributed by atoms with Crippen molar-refractivity contribution in [2.45, 2.75) is 88.3 Å². The number of rotatable bonds is 10. The molecule has 0 amide bonds. The van der Waals surface area contributed by atoms with E-state index in [1.807, 2.05) is 6.92 Å². The summed E-state index contributed by atoms with van der Waals surface area (Å²) in [6.07, 6.45) is -4.85. The van der Waals surface area contributed by atoms with Gasteiger partial charge in [0.1, 0.15) is 5.60 Å². The molecule has 0 heterocycles. The van der Waals surface area contributed by atoms with Crippen molar-refractivity contribution in [3.63, 3.8) is 0 Å². The van der Waals surface area contributed by atoms with Gasteiger partial charge in [-0.2, -0.15) is 39.5 Å². The SMILES string of the molecule is CCCCCCCCC(C)(O)C(F)(F)C(F)(F)C(F)(F)C(F)(F)F. The molecule has 1 unspecified atom stereocenters. The fourth-order valence-electron chi connectivity index (χ4n) is 2.12. The molecule has 10 heteroatoms. The Balaban J connectivity index is 5.11. The minimum absolute atomic E-state index is 0.138. The molecule has 0 aromatic heterocycles. The van der Waals surface area contributed by atoms with Crippen molar-refractivity contribution in [1.82, 2.24) is 0 Å². The lowest BCUT2D eigenvalue weighted by Gasteiger charge is -2.40. The van der Waals surface area contributed by atoms with Crippen LogP contribution in [0.1, 0.15) is 58.8 Å². The Hall–Kier alpha value is -0.670. The molecule has 1 atom stereocenters.